The molecule has 3 rings (SSSR count). The SMILES string of the molecule is CC(C)c1ccc(Cn2c(=S)[nH]c3cccnc32)cc1. The van der Waals surface area contributed by atoms with Crippen LogP contribution in [0.1, 0.15) is 30.9 Å². The first-order chi connectivity index (χ1) is 9.65. The van der Waals surface area contributed by atoms with E-state index in [2.05, 4.69) is 48.1 Å². The van der Waals surface area contributed by atoms with E-state index in [0.717, 1.165) is 17.7 Å². The van der Waals surface area contributed by atoms with Gasteiger partial charge in [0.05, 0.1) is 12.1 Å². The molecule has 0 saturated heterocycles. The summed E-state index contributed by atoms with van der Waals surface area (Å²) in [5, 5.41) is 0. The van der Waals surface area contributed by atoms with Crippen LogP contribution in [0.15, 0.2) is 42.6 Å². The number of imidazole rings is 1. The molecule has 102 valence electrons. The van der Waals surface area contributed by atoms with E-state index < -0.39 is 0 Å². The zero-order chi connectivity index (χ0) is 14.1. The third-order valence-electron chi connectivity index (χ3n) is 3.52. The molecular weight excluding hydrogens is 266 g/mol. The van der Waals surface area contributed by atoms with Gasteiger partial charge in [0.2, 0.25) is 0 Å². The molecule has 2 aromatic heterocycles. The summed E-state index contributed by atoms with van der Waals surface area (Å²) in [6, 6.07) is 12.6. The molecule has 0 amide bonds. The second kappa shape index (κ2) is 5.21. The molecule has 0 bridgehead atoms. The first-order valence-electron chi connectivity index (χ1n) is 6.77. The number of hydrogen-bond acceptors (Lipinski definition) is 2. The number of nitrogens with one attached hydrogen (secondary N) is 1. The Bertz CT molecular complexity index is 781. The molecule has 0 spiro atoms. The van der Waals surface area contributed by atoms with E-state index in [9.17, 15) is 0 Å². The highest BCUT2D eigenvalue weighted by molar-refractivity contribution is 7.71. The van der Waals surface area contributed by atoms with E-state index in [1.54, 1.807) is 6.20 Å². The lowest BCUT2D eigenvalue weighted by Crippen LogP contribution is -2.01. The van der Waals surface area contributed by atoms with E-state index in [0.29, 0.717) is 10.7 Å². The molecule has 0 fully saturated rings. The van der Waals surface area contributed by atoms with Gasteiger partial charge in [0.25, 0.3) is 0 Å². The van der Waals surface area contributed by atoms with Gasteiger partial charge in [-0.15, -0.1) is 0 Å². The molecule has 0 aliphatic rings. The number of hydrogen-bond donors (Lipinski definition) is 1. The van der Waals surface area contributed by atoms with Gasteiger partial charge in [-0.25, -0.2) is 4.98 Å². The summed E-state index contributed by atoms with van der Waals surface area (Å²) in [5.74, 6) is 0.556. The Kier molecular flexibility index (Phi) is 3.40. The number of H-pyrrole nitrogens is 1. The van der Waals surface area contributed by atoms with Crippen molar-refractivity contribution in [3.63, 3.8) is 0 Å². The molecule has 3 aromatic rings. The Morgan fingerprint density at radius 2 is 1.95 bits per heavy atom. The number of pyridine rings is 1. The number of aromatic amines is 1. The van der Waals surface area contributed by atoms with Crippen LogP contribution >= 0.6 is 12.2 Å². The topological polar surface area (TPSA) is 33.6 Å². The molecule has 0 saturated carbocycles. The van der Waals surface area contributed by atoms with Crippen molar-refractivity contribution in [3.8, 4) is 0 Å². The lowest BCUT2D eigenvalue weighted by molar-refractivity contribution is 0.797. The molecule has 3 nitrogen and oxygen atoms in total. The molecule has 0 radical (unpaired) electrons. The smallest absolute Gasteiger partial charge is 0.179 e. The second-order valence-corrected chi connectivity index (χ2v) is 5.67. The Morgan fingerprint density at radius 1 is 1.20 bits per heavy atom. The number of rotatable bonds is 3. The molecule has 1 aromatic carbocycles. The van der Waals surface area contributed by atoms with Crippen molar-refractivity contribution in [1.82, 2.24) is 14.5 Å². The highest BCUT2D eigenvalue weighted by Gasteiger charge is 2.06. The maximum Gasteiger partial charge on any atom is 0.179 e. The maximum absolute atomic E-state index is 5.39. The lowest BCUT2D eigenvalue weighted by atomic mass is 10.0. The first kappa shape index (κ1) is 13.1. The highest BCUT2D eigenvalue weighted by Crippen LogP contribution is 2.17. The second-order valence-electron chi connectivity index (χ2n) is 5.29. The monoisotopic (exact) mass is 283 g/mol. The van der Waals surface area contributed by atoms with E-state index in [4.69, 9.17) is 12.2 Å². The van der Waals surface area contributed by atoms with Gasteiger partial charge in [-0.3, -0.25) is 4.57 Å². The van der Waals surface area contributed by atoms with Gasteiger partial charge in [-0.05, 0) is 41.4 Å². The summed E-state index contributed by atoms with van der Waals surface area (Å²) < 4.78 is 2.75. The number of benzene rings is 1. The third-order valence-corrected chi connectivity index (χ3v) is 3.84. The van der Waals surface area contributed by atoms with Crippen LogP contribution in [-0.4, -0.2) is 14.5 Å². The average molecular weight is 283 g/mol. The molecule has 0 aliphatic carbocycles. The molecule has 4 heteroatoms. The van der Waals surface area contributed by atoms with Crippen molar-refractivity contribution in [2.24, 2.45) is 0 Å². The van der Waals surface area contributed by atoms with Gasteiger partial charge in [0, 0.05) is 6.20 Å². The van der Waals surface area contributed by atoms with Crippen molar-refractivity contribution in [1.29, 1.82) is 0 Å². The number of aromatic nitrogens is 3. The van der Waals surface area contributed by atoms with E-state index in [1.165, 1.54) is 11.1 Å². The minimum Gasteiger partial charge on any atom is -0.329 e. The minimum atomic E-state index is 0.556. The predicted octanol–water partition coefficient (Wildman–Crippen LogP) is 4.27. The normalized spacial score (nSPS) is 11.3. The van der Waals surface area contributed by atoms with Gasteiger partial charge in [-0.1, -0.05) is 38.1 Å². The molecular formula is C16H17N3S. The molecule has 2 heterocycles. The van der Waals surface area contributed by atoms with Crippen LogP contribution in [0.25, 0.3) is 11.2 Å². The van der Waals surface area contributed by atoms with Gasteiger partial charge >= 0.3 is 0 Å². The van der Waals surface area contributed by atoms with Gasteiger partial charge < -0.3 is 4.98 Å². The summed E-state index contributed by atoms with van der Waals surface area (Å²) in [7, 11) is 0. The van der Waals surface area contributed by atoms with Crippen molar-refractivity contribution < 1.29 is 0 Å². The quantitative estimate of drug-likeness (QED) is 0.728. The van der Waals surface area contributed by atoms with Crippen LogP contribution in [0.5, 0.6) is 0 Å². The molecule has 0 aliphatic heterocycles. The Balaban J connectivity index is 1.97. The highest BCUT2D eigenvalue weighted by atomic mass is 32.1. The van der Waals surface area contributed by atoms with E-state index >= 15 is 0 Å². The van der Waals surface area contributed by atoms with Crippen LogP contribution in [0.3, 0.4) is 0 Å². The fourth-order valence-corrected chi connectivity index (χ4v) is 2.59. The average Bonchev–Trinajstić information content (AvgIpc) is 2.76. The summed E-state index contributed by atoms with van der Waals surface area (Å²) in [6.45, 7) is 5.15. The largest absolute Gasteiger partial charge is 0.329 e. The zero-order valence-corrected chi connectivity index (χ0v) is 12.4. The van der Waals surface area contributed by atoms with Gasteiger partial charge in [-0.2, -0.15) is 0 Å². The summed E-state index contributed by atoms with van der Waals surface area (Å²) >= 11 is 5.39. The molecule has 20 heavy (non-hydrogen) atoms. The van der Waals surface area contributed by atoms with Gasteiger partial charge in [0.15, 0.2) is 10.4 Å². The Labute approximate surface area is 123 Å². The maximum atomic E-state index is 5.39. The standard InChI is InChI=1S/C16H17N3S/c1-11(2)13-7-5-12(6-8-13)10-19-15-14(18-16(19)20)4-3-9-17-15/h3-9,11H,10H2,1-2H3,(H,18,20). The first-order valence-corrected chi connectivity index (χ1v) is 7.18. The van der Waals surface area contributed by atoms with Crippen molar-refractivity contribution in [3.05, 3.63) is 58.5 Å². The van der Waals surface area contributed by atoms with Crippen LogP contribution in [0, 0.1) is 4.77 Å². The summed E-state index contributed by atoms with van der Waals surface area (Å²) in [6.07, 6.45) is 1.79. The van der Waals surface area contributed by atoms with Crippen molar-refractivity contribution in [2.75, 3.05) is 0 Å². The molecule has 0 unspecified atom stereocenters. The zero-order valence-electron chi connectivity index (χ0n) is 11.6. The molecule has 0 atom stereocenters. The summed E-state index contributed by atoms with van der Waals surface area (Å²) in [4.78, 5) is 7.60. The summed E-state index contributed by atoms with van der Waals surface area (Å²) in [5.41, 5.74) is 4.48. The van der Waals surface area contributed by atoms with Crippen LogP contribution in [0.2, 0.25) is 0 Å². The number of fused-ring (bicyclic) bond motifs is 1. The van der Waals surface area contributed by atoms with Crippen LogP contribution in [0.4, 0.5) is 0 Å². The predicted molar refractivity (Wildman–Crippen MR) is 84.6 cm³/mol. The van der Waals surface area contributed by atoms with E-state index in [-0.39, 0.29) is 0 Å². The third kappa shape index (κ3) is 2.39. The lowest BCUT2D eigenvalue weighted by Gasteiger charge is -2.08. The fraction of sp³-hybridized carbons (Fsp3) is 0.250. The van der Waals surface area contributed by atoms with Gasteiger partial charge in [0.1, 0.15) is 0 Å². The molecule has 1 N–H and O–H groups in total. The van der Waals surface area contributed by atoms with Crippen molar-refractivity contribution >= 4 is 23.4 Å². The Morgan fingerprint density at radius 3 is 2.65 bits per heavy atom. The van der Waals surface area contributed by atoms with Crippen LogP contribution in [-0.2, 0) is 6.54 Å². The van der Waals surface area contributed by atoms with Crippen LogP contribution < -0.4 is 0 Å². The van der Waals surface area contributed by atoms with E-state index in [1.807, 2.05) is 16.7 Å². The van der Waals surface area contributed by atoms with Crippen molar-refractivity contribution in [2.45, 2.75) is 26.3 Å². The Hall–Kier alpha value is -1.94. The fourth-order valence-electron chi connectivity index (χ4n) is 2.33. The number of nitrogens with zero attached hydrogens (tertiary/aromatic N) is 2. The minimum absolute atomic E-state index is 0.556.